The van der Waals surface area contributed by atoms with E-state index in [0.717, 1.165) is 24.4 Å². The van der Waals surface area contributed by atoms with E-state index in [4.69, 9.17) is 9.52 Å². The first kappa shape index (κ1) is 16.5. The van der Waals surface area contributed by atoms with Gasteiger partial charge < -0.3 is 19.7 Å². The molecule has 2 unspecified atom stereocenters. The molecular weight excluding hydrogens is 332 g/mol. The minimum absolute atomic E-state index is 0.0240. The molecule has 2 N–H and O–H groups in total. The van der Waals surface area contributed by atoms with Crippen molar-refractivity contribution < 1.29 is 19.1 Å². The number of rotatable bonds is 4. The normalized spacial score (nSPS) is 19.1. The summed E-state index contributed by atoms with van der Waals surface area (Å²) in [6.07, 6.45) is 1.79. The van der Waals surface area contributed by atoms with E-state index in [-0.39, 0.29) is 23.4 Å². The average Bonchev–Trinajstić information content (AvgIpc) is 2.95. The molecule has 1 saturated heterocycles. The highest BCUT2D eigenvalue weighted by atomic mass is 32.1. The number of anilines is 1. The van der Waals surface area contributed by atoms with Crippen LogP contribution < -0.4 is 15.8 Å². The summed E-state index contributed by atoms with van der Waals surface area (Å²) in [5, 5.41) is 12.7. The third kappa shape index (κ3) is 2.89. The number of hydrogen-bond acceptors (Lipinski definition) is 6. The number of thiophene rings is 1. The molecule has 3 heterocycles. The molecule has 2 aromatic heterocycles. The number of aromatic carboxylic acids is 1. The molecule has 0 aromatic carbocycles. The first-order chi connectivity index (χ1) is 11.4. The molecule has 7 nitrogen and oxygen atoms in total. The first-order valence-electron chi connectivity index (χ1n) is 7.70. The number of carboxylic acid groups (broad SMARTS) is 1. The Morgan fingerprint density at radius 1 is 1.46 bits per heavy atom. The summed E-state index contributed by atoms with van der Waals surface area (Å²) in [6.45, 7) is 2.70. The lowest BCUT2D eigenvalue weighted by Crippen LogP contribution is -2.47. The highest BCUT2D eigenvalue weighted by Crippen LogP contribution is 2.34. The van der Waals surface area contributed by atoms with E-state index in [1.165, 1.54) is 17.4 Å². The summed E-state index contributed by atoms with van der Waals surface area (Å²) in [5.41, 5.74) is -0.878. The summed E-state index contributed by atoms with van der Waals surface area (Å²) < 4.78 is 5.69. The van der Waals surface area contributed by atoms with Crippen molar-refractivity contribution in [2.24, 2.45) is 5.92 Å². The van der Waals surface area contributed by atoms with E-state index >= 15 is 0 Å². The fourth-order valence-corrected chi connectivity index (χ4v) is 4.03. The number of carbonyl (C=O) groups excluding carboxylic acids is 1. The van der Waals surface area contributed by atoms with Crippen LogP contribution in [0, 0.1) is 5.92 Å². The standard InChI is InChI=1S/C16H18N2O5S/c1-8(9-4-3-5-17-14(9)19)18(2)13-7-11-12(24-13)6-10(15(20)21)16(22)23-11/h6-9H,3-5H2,1-2H3,(H,17,19)(H,20,21). The Labute approximate surface area is 141 Å². The number of carboxylic acids is 1. The predicted octanol–water partition coefficient (Wildman–Crippen LogP) is 1.90. The van der Waals surface area contributed by atoms with Gasteiger partial charge in [0.15, 0.2) is 5.58 Å². The molecule has 2 aromatic rings. The number of carbonyl (C=O) groups is 2. The first-order valence-corrected chi connectivity index (χ1v) is 8.51. The molecule has 0 aliphatic carbocycles. The Bertz CT molecular complexity index is 856. The molecule has 1 amide bonds. The Kier molecular flexibility index (Phi) is 4.31. The molecule has 0 radical (unpaired) electrons. The molecule has 8 heteroatoms. The van der Waals surface area contributed by atoms with Crippen LogP contribution in [0.25, 0.3) is 10.3 Å². The van der Waals surface area contributed by atoms with Crippen molar-refractivity contribution in [1.82, 2.24) is 5.32 Å². The molecule has 1 aliphatic heterocycles. The Morgan fingerprint density at radius 3 is 2.88 bits per heavy atom. The lowest BCUT2D eigenvalue weighted by atomic mass is 9.91. The van der Waals surface area contributed by atoms with Crippen molar-refractivity contribution in [1.29, 1.82) is 0 Å². The third-order valence-corrected chi connectivity index (χ3v) is 5.66. The van der Waals surface area contributed by atoms with E-state index < -0.39 is 11.6 Å². The minimum atomic E-state index is -1.30. The lowest BCUT2D eigenvalue weighted by molar-refractivity contribution is -0.127. The predicted molar refractivity (Wildman–Crippen MR) is 90.9 cm³/mol. The maximum absolute atomic E-state index is 12.0. The number of piperidine rings is 1. The average molecular weight is 350 g/mol. The fraction of sp³-hybridized carbons (Fsp3) is 0.438. The number of hydrogen-bond donors (Lipinski definition) is 2. The van der Waals surface area contributed by atoms with Gasteiger partial charge in [0.2, 0.25) is 5.91 Å². The van der Waals surface area contributed by atoms with Crippen molar-refractivity contribution in [3.05, 3.63) is 28.1 Å². The summed E-state index contributed by atoms with van der Waals surface area (Å²) in [6, 6.07) is 3.03. The van der Waals surface area contributed by atoms with Crippen molar-refractivity contribution in [3.63, 3.8) is 0 Å². The van der Waals surface area contributed by atoms with Gasteiger partial charge in [0.05, 0.1) is 15.6 Å². The summed E-state index contributed by atoms with van der Waals surface area (Å²) in [7, 11) is 1.88. The van der Waals surface area contributed by atoms with Gasteiger partial charge in [0.25, 0.3) is 0 Å². The Hall–Kier alpha value is -2.35. The number of fused-ring (bicyclic) bond motifs is 1. The quantitative estimate of drug-likeness (QED) is 0.874. The monoisotopic (exact) mass is 350 g/mol. The van der Waals surface area contributed by atoms with Crippen LogP contribution in [0.2, 0.25) is 0 Å². The van der Waals surface area contributed by atoms with Crippen LogP contribution in [0.1, 0.15) is 30.1 Å². The van der Waals surface area contributed by atoms with Crippen LogP contribution in [0.3, 0.4) is 0 Å². The van der Waals surface area contributed by atoms with Crippen LogP contribution in [0.5, 0.6) is 0 Å². The number of nitrogens with one attached hydrogen (secondary N) is 1. The molecule has 0 bridgehead atoms. The number of nitrogens with zero attached hydrogens (tertiary/aromatic N) is 1. The molecule has 1 fully saturated rings. The van der Waals surface area contributed by atoms with Gasteiger partial charge in [-0.05, 0) is 25.8 Å². The van der Waals surface area contributed by atoms with E-state index in [1.807, 2.05) is 18.9 Å². The van der Waals surface area contributed by atoms with E-state index in [2.05, 4.69) is 5.32 Å². The lowest BCUT2D eigenvalue weighted by Gasteiger charge is -2.33. The topological polar surface area (TPSA) is 99.9 Å². The van der Waals surface area contributed by atoms with Gasteiger partial charge in [-0.25, -0.2) is 9.59 Å². The molecule has 1 aliphatic rings. The van der Waals surface area contributed by atoms with Crippen LogP contribution in [0.15, 0.2) is 21.3 Å². The second-order valence-corrected chi connectivity index (χ2v) is 7.02. The van der Waals surface area contributed by atoms with Gasteiger partial charge in [-0.15, -0.1) is 11.3 Å². The van der Waals surface area contributed by atoms with Crippen LogP contribution in [-0.2, 0) is 4.79 Å². The third-order valence-electron chi connectivity index (χ3n) is 4.51. The maximum atomic E-state index is 12.0. The van der Waals surface area contributed by atoms with Crippen molar-refractivity contribution in [3.8, 4) is 0 Å². The second-order valence-electron chi connectivity index (χ2n) is 5.96. The largest absolute Gasteiger partial charge is 0.477 e. The van der Waals surface area contributed by atoms with E-state index in [0.29, 0.717) is 10.3 Å². The van der Waals surface area contributed by atoms with Crippen LogP contribution in [0.4, 0.5) is 5.00 Å². The Morgan fingerprint density at radius 2 is 2.21 bits per heavy atom. The van der Waals surface area contributed by atoms with Gasteiger partial charge in [0.1, 0.15) is 5.56 Å². The molecular formula is C16H18N2O5S. The van der Waals surface area contributed by atoms with Crippen LogP contribution in [-0.4, -0.2) is 36.6 Å². The molecule has 0 spiro atoms. The zero-order valence-electron chi connectivity index (χ0n) is 13.4. The molecule has 3 rings (SSSR count). The smallest absolute Gasteiger partial charge is 0.351 e. The van der Waals surface area contributed by atoms with Crippen molar-refractivity contribution >= 4 is 38.5 Å². The highest BCUT2D eigenvalue weighted by Gasteiger charge is 2.30. The van der Waals surface area contributed by atoms with Crippen molar-refractivity contribution in [2.75, 3.05) is 18.5 Å². The summed E-state index contributed by atoms with van der Waals surface area (Å²) >= 11 is 1.34. The molecule has 24 heavy (non-hydrogen) atoms. The SMILES string of the molecule is CC(C1CCCNC1=O)N(C)c1cc2oc(=O)c(C(=O)O)cc2s1. The molecule has 2 atom stereocenters. The summed E-state index contributed by atoms with van der Waals surface area (Å²) in [4.78, 5) is 36.7. The highest BCUT2D eigenvalue weighted by molar-refractivity contribution is 7.22. The Balaban J connectivity index is 1.92. The van der Waals surface area contributed by atoms with Gasteiger partial charge in [-0.3, -0.25) is 4.79 Å². The second kappa shape index (κ2) is 6.27. The fourth-order valence-electron chi connectivity index (χ4n) is 2.95. The van der Waals surface area contributed by atoms with Gasteiger partial charge in [0, 0.05) is 25.7 Å². The minimum Gasteiger partial charge on any atom is -0.477 e. The number of amides is 1. The zero-order chi connectivity index (χ0) is 17.4. The van der Waals surface area contributed by atoms with Crippen molar-refractivity contribution in [2.45, 2.75) is 25.8 Å². The van der Waals surface area contributed by atoms with E-state index in [9.17, 15) is 14.4 Å². The molecule has 0 saturated carbocycles. The molecule has 128 valence electrons. The van der Waals surface area contributed by atoms with Gasteiger partial charge in [-0.1, -0.05) is 0 Å². The van der Waals surface area contributed by atoms with Crippen LogP contribution >= 0.6 is 11.3 Å². The zero-order valence-corrected chi connectivity index (χ0v) is 14.2. The van der Waals surface area contributed by atoms with E-state index in [1.54, 1.807) is 6.07 Å². The summed E-state index contributed by atoms with van der Waals surface area (Å²) in [5.74, 6) is -1.35. The maximum Gasteiger partial charge on any atom is 0.351 e. The van der Waals surface area contributed by atoms with Gasteiger partial charge >= 0.3 is 11.6 Å². The van der Waals surface area contributed by atoms with Gasteiger partial charge in [-0.2, -0.15) is 0 Å².